The molecule has 0 fully saturated rings. The molecule has 0 aliphatic rings. The first-order valence-corrected chi connectivity index (χ1v) is 9.62. The van der Waals surface area contributed by atoms with Crippen LogP contribution in [0.2, 0.25) is 0 Å². The summed E-state index contributed by atoms with van der Waals surface area (Å²) >= 11 is 0. The monoisotopic (exact) mass is 324 g/mol. The van der Waals surface area contributed by atoms with Gasteiger partial charge in [0, 0.05) is 0 Å². The first-order valence-electron chi connectivity index (χ1n) is 8.21. The van der Waals surface area contributed by atoms with Gasteiger partial charge in [0.2, 0.25) is 0 Å². The van der Waals surface area contributed by atoms with Gasteiger partial charge in [0.15, 0.2) is 0 Å². The van der Waals surface area contributed by atoms with Crippen molar-refractivity contribution >= 4 is 10.1 Å². The van der Waals surface area contributed by atoms with Crippen LogP contribution in [-0.4, -0.2) is 8.42 Å². The SMILES string of the molecule is CCCCCCCCC/C=C/OS(=O)(=O)c1ccc(C)cc1. The second kappa shape index (κ2) is 10.4. The van der Waals surface area contributed by atoms with Crippen molar-refractivity contribution in [3.05, 3.63) is 42.2 Å². The maximum Gasteiger partial charge on any atom is 0.338 e. The number of hydrogen-bond donors (Lipinski definition) is 0. The Labute approximate surface area is 135 Å². The van der Waals surface area contributed by atoms with Gasteiger partial charge in [-0.1, -0.05) is 63.1 Å². The van der Waals surface area contributed by atoms with Gasteiger partial charge in [0.05, 0.1) is 0 Å². The Morgan fingerprint density at radius 1 is 0.955 bits per heavy atom. The summed E-state index contributed by atoms with van der Waals surface area (Å²) < 4.78 is 28.7. The highest BCUT2D eigenvalue weighted by atomic mass is 32.2. The first-order chi connectivity index (χ1) is 10.6. The average Bonchev–Trinajstić information content (AvgIpc) is 2.49. The van der Waals surface area contributed by atoms with E-state index in [4.69, 9.17) is 4.18 Å². The number of aryl methyl sites for hydroxylation is 1. The van der Waals surface area contributed by atoms with E-state index in [1.165, 1.54) is 44.8 Å². The molecule has 0 spiro atoms. The Morgan fingerprint density at radius 2 is 1.55 bits per heavy atom. The summed E-state index contributed by atoms with van der Waals surface area (Å²) in [7, 11) is -3.67. The second-order valence-electron chi connectivity index (χ2n) is 5.65. The molecule has 0 saturated carbocycles. The molecular weight excluding hydrogens is 296 g/mol. The van der Waals surface area contributed by atoms with Crippen LogP contribution in [-0.2, 0) is 14.3 Å². The third kappa shape index (κ3) is 7.64. The minimum absolute atomic E-state index is 0.193. The minimum Gasteiger partial charge on any atom is -0.387 e. The summed E-state index contributed by atoms with van der Waals surface area (Å²) in [4.78, 5) is 0.193. The Balaban J connectivity index is 2.20. The van der Waals surface area contributed by atoms with Crippen LogP contribution >= 0.6 is 0 Å². The van der Waals surface area contributed by atoms with Gasteiger partial charge < -0.3 is 4.18 Å². The number of unbranched alkanes of at least 4 members (excludes halogenated alkanes) is 7. The largest absolute Gasteiger partial charge is 0.387 e. The smallest absolute Gasteiger partial charge is 0.338 e. The van der Waals surface area contributed by atoms with Gasteiger partial charge in [-0.15, -0.1) is 0 Å². The zero-order valence-corrected chi connectivity index (χ0v) is 14.6. The highest BCUT2D eigenvalue weighted by Crippen LogP contribution is 2.14. The van der Waals surface area contributed by atoms with Gasteiger partial charge in [-0.25, -0.2) is 0 Å². The lowest BCUT2D eigenvalue weighted by molar-refractivity contribution is 0.441. The van der Waals surface area contributed by atoms with Crippen LogP contribution in [0.5, 0.6) is 0 Å². The van der Waals surface area contributed by atoms with E-state index in [9.17, 15) is 8.42 Å². The fraction of sp³-hybridized carbons (Fsp3) is 0.556. The van der Waals surface area contributed by atoms with Gasteiger partial charge >= 0.3 is 10.1 Å². The van der Waals surface area contributed by atoms with Crippen LogP contribution in [0, 0.1) is 6.92 Å². The van der Waals surface area contributed by atoms with Crippen molar-refractivity contribution in [2.45, 2.75) is 70.1 Å². The molecule has 3 nitrogen and oxygen atoms in total. The number of hydrogen-bond acceptors (Lipinski definition) is 3. The van der Waals surface area contributed by atoms with E-state index in [0.717, 1.165) is 18.4 Å². The molecule has 0 aliphatic carbocycles. The van der Waals surface area contributed by atoms with Crippen LogP contribution in [0.1, 0.15) is 63.9 Å². The molecule has 0 N–H and O–H groups in total. The molecule has 4 heteroatoms. The van der Waals surface area contributed by atoms with Gasteiger partial charge in [-0.3, -0.25) is 0 Å². The van der Waals surface area contributed by atoms with Crippen molar-refractivity contribution in [1.82, 2.24) is 0 Å². The number of benzene rings is 1. The normalized spacial score (nSPS) is 11.9. The lowest BCUT2D eigenvalue weighted by Gasteiger charge is -2.03. The van der Waals surface area contributed by atoms with E-state index < -0.39 is 10.1 Å². The molecule has 0 bridgehead atoms. The third-order valence-electron chi connectivity index (χ3n) is 3.56. The molecule has 0 unspecified atom stereocenters. The van der Waals surface area contributed by atoms with Gasteiger partial charge in [-0.2, -0.15) is 8.42 Å². The molecule has 1 aromatic carbocycles. The molecule has 22 heavy (non-hydrogen) atoms. The predicted octanol–water partition coefficient (Wildman–Crippen LogP) is 5.35. The van der Waals surface area contributed by atoms with E-state index in [0.29, 0.717) is 0 Å². The molecule has 1 aromatic rings. The number of rotatable bonds is 11. The molecule has 1 rings (SSSR count). The van der Waals surface area contributed by atoms with E-state index in [2.05, 4.69) is 6.92 Å². The fourth-order valence-corrected chi connectivity index (χ4v) is 2.97. The molecule has 0 aromatic heterocycles. The van der Waals surface area contributed by atoms with Crippen molar-refractivity contribution in [2.24, 2.45) is 0 Å². The highest BCUT2D eigenvalue weighted by molar-refractivity contribution is 7.86. The van der Waals surface area contributed by atoms with Crippen LogP contribution in [0.25, 0.3) is 0 Å². The lowest BCUT2D eigenvalue weighted by atomic mass is 10.1. The molecule has 124 valence electrons. The second-order valence-corrected chi connectivity index (χ2v) is 7.22. The minimum atomic E-state index is -3.67. The molecule has 0 aliphatic heterocycles. The van der Waals surface area contributed by atoms with Crippen molar-refractivity contribution in [2.75, 3.05) is 0 Å². The molecular formula is C18H28O3S. The van der Waals surface area contributed by atoms with E-state index in [-0.39, 0.29) is 4.90 Å². The predicted molar refractivity (Wildman–Crippen MR) is 91.2 cm³/mol. The van der Waals surface area contributed by atoms with Crippen molar-refractivity contribution in [3.8, 4) is 0 Å². The fourth-order valence-electron chi connectivity index (χ4n) is 2.16. The van der Waals surface area contributed by atoms with Crippen LogP contribution in [0.4, 0.5) is 0 Å². The van der Waals surface area contributed by atoms with E-state index in [1.54, 1.807) is 30.3 Å². The average molecular weight is 324 g/mol. The topological polar surface area (TPSA) is 43.4 Å². The summed E-state index contributed by atoms with van der Waals surface area (Å²) in [6.45, 7) is 4.13. The van der Waals surface area contributed by atoms with Gasteiger partial charge in [0.25, 0.3) is 0 Å². The third-order valence-corrected chi connectivity index (χ3v) is 4.78. The summed E-state index contributed by atoms with van der Waals surface area (Å²) in [5.41, 5.74) is 1.02. The first kappa shape index (κ1) is 18.8. The van der Waals surface area contributed by atoms with Crippen LogP contribution in [0.3, 0.4) is 0 Å². The highest BCUT2D eigenvalue weighted by Gasteiger charge is 2.12. The number of allylic oxidation sites excluding steroid dienone is 1. The summed E-state index contributed by atoms with van der Waals surface area (Å²) in [5.74, 6) is 0. The van der Waals surface area contributed by atoms with Gasteiger partial charge in [0.1, 0.15) is 11.2 Å². The Morgan fingerprint density at radius 3 is 2.18 bits per heavy atom. The zero-order valence-electron chi connectivity index (χ0n) is 13.8. The molecule has 0 heterocycles. The Hall–Kier alpha value is -1.29. The van der Waals surface area contributed by atoms with Crippen LogP contribution < -0.4 is 0 Å². The molecule has 0 radical (unpaired) electrons. The van der Waals surface area contributed by atoms with Crippen molar-refractivity contribution in [3.63, 3.8) is 0 Å². The summed E-state index contributed by atoms with van der Waals surface area (Å²) in [6, 6.07) is 6.65. The summed E-state index contributed by atoms with van der Waals surface area (Å²) in [6.07, 6.45) is 12.7. The standard InChI is InChI=1S/C18H28O3S/c1-3-4-5-6-7-8-9-10-11-16-21-22(19,20)18-14-12-17(2)13-15-18/h11-16H,3-10H2,1-2H3/b16-11+. The molecule has 0 amide bonds. The lowest BCUT2D eigenvalue weighted by Crippen LogP contribution is -2.01. The Kier molecular flexibility index (Phi) is 8.90. The summed E-state index contributed by atoms with van der Waals surface area (Å²) in [5, 5.41) is 0. The van der Waals surface area contributed by atoms with Crippen LogP contribution in [0.15, 0.2) is 41.5 Å². The van der Waals surface area contributed by atoms with E-state index >= 15 is 0 Å². The maximum atomic E-state index is 11.9. The molecule has 0 saturated heterocycles. The molecule has 0 atom stereocenters. The van der Waals surface area contributed by atoms with Gasteiger partial charge in [-0.05, 0) is 38.0 Å². The Bertz CT molecular complexity index is 530. The van der Waals surface area contributed by atoms with Crippen molar-refractivity contribution < 1.29 is 12.6 Å². The zero-order chi connectivity index (χ0) is 16.3. The maximum absolute atomic E-state index is 11.9. The van der Waals surface area contributed by atoms with Crippen molar-refractivity contribution in [1.29, 1.82) is 0 Å². The quantitative estimate of drug-likeness (QED) is 0.313. The van der Waals surface area contributed by atoms with E-state index in [1.807, 2.05) is 6.92 Å².